The van der Waals surface area contributed by atoms with E-state index in [0.29, 0.717) is 25.9 Å². The highest BCUT2D eigenvalue weighted by Crippen LogP contribution is 2.21. The van der Waals surface area contributed by atoms with E-state index in [-0.39, 0.29) is 18.5 Å². The summed E-state index contributed by atoms with van der Waals surface area (Å²) in [7, 11) is 0. The fourth-order valence-corrected chi connectivity index (χ4v) is 14.0. The minimum absolute atomic E-state index is 0.0232. The first-order chi connectivity index (χ1) is 44.5. The normalized spacial score (nSPS) is 12.4. The fraction of sp³-hybridized carbons (Fsp3) is 0.976. The van der Waals surface area contributed by atoms with Crippen molar-refractivity contribution in [2.45, 2.75) is 514 Å². The number of unbranched alkanes of at least 4 members (excludes halogenated alkanes) is 70. The summed E-state index contributed by atoms with van der Waals surface area (Å²) in [6.07, 6.45) is 101. The predicted octanol–water partition coefficient (Wildman–Crippen LogP) is 28.1. The van der Waals surface area contributed by atoms with Crippen molar-refractivity contribution >= 4 is 11.9 Å². The highest BCUT2D eigenvalue weighted by Gasteiger charge is 2.20. The summed E-state index contributed by atoms with van der Waals surface area (Å²) in [6.45, 7) is 5.03. The molecule has 90 heavy (non-hydrogen) atoms. The van der Waals surface area contributed by atoms with E-state index in [4.69, 9.17) is 4.74 Å². The quantitative estimate of drug-likeness (QED) is 0.0417. The Morgan fingerprint density at radius 2 is 0.456 bits per heavy atom. The molecule has 0 aromatic carbocycles. The van der Waals surface area contributed by atoms with Crippen molar-refractivity contribution in [1.29, 1.82) is 0 Å². The van der Waals surface area contributed by atoms with Gasteiger partial charge in [-0.3, -0.25) is 9.59 Å². The molecule has 6 nitrogen and oxygen atoms in total. The molecular formula is C84H167NO5. The SMILES string of the molecule is CCCCCCCCCCCCCCCCCCCCCCCCCCC(O)C(CO)NC(=O)CCCCCCCCCCCCCCCCCCCCCCCCCCCCCCCCCCCOC(=O)CCCCCCCCCCCCCCCCCC. The molecule has 0 spiro atoms. The zero-order valence-corrected chi connectivity index (χ0v) is 61.9. The van der Waals surface area contributed by atoms with Gasteiger partial charge >= 0.3 is 5.97 Å². The summed E-state index contributed by atoms with van der Waals surface area (Å²) in [6, 6.07) is -0.538. The number of aliphatic hydroxyl groups is 2. The summed E-state index contributed by atoms with van der Waals surface area (Å²) in [5.41, 5.74) is 0. The van der Waals surface area contributed by atoms with E-state index in [9.17, 15) is 19.8 Å². The van der Waals surface area contributed by atoms with Gasteiger partial charge < -0.3 is 20.3 Å². The molecule has 2 unspecified atom stereocenters. The fourth-order valence-electron chi connectivity index (χ4n) is 14.0. The second-order valence-electron chi connectivity index (χ2n) is 29.5. The predicted molar refractivity (Wildman–Crippen MR) is 398 cm³/mol. The number of aliphatic hydroxyl groups excluding tert-OH is 2. The van der Waals surface area contributed by atoms with E-state index in [0.717, 1.165) is 38.5 Å². The van der Waals surface area contributed by atoms with Crippen LogP contribution < -0.4 is 5.32 Å². The van der Waals surface area contributed by atoms with Gasteiger partial charge in [0.1, 0.15) is 0 Å². The number of esters is 1. The lowest BCUT2D eigenvalue weighted by atomic mass is 10.0. The maximum absolute atomic E-state index is 12.6. The van der Waals surface area contributed by atoms with E-state index < -0.39 is 12.1 Å². The molecule has 0 radical (unpaired) electrons. The minimum atomic E-state index is -0.662. The number of rotatable bonds is 81. The van der Waals surface area contributed by atoms with Crippen molar-refractivity contribution in [3.05, 3.63) is 0 Å². The molecule has 0 aliphatic rings. The molecule has 0 fully saturated rings. The van der Waals surface area contributed by atoms with Crippen molar-refractivity contribution in [2.24, 2.45) is 0 Å². The van der Waals surface area contributed by atoms with Gasteiger partial charge in [-0.15, -0.1) is 0 Å². The number of hydrogen-bond acceptors (Lipinski definition) is 5. The van der Waals surface area contributed by atoms with E-state index in [1.165, 1.54) is 430 Å². The van der Waals surface area contributed by atoms with Crippen LogP contribution in [0.3, 0.4) is 0 Å². The number of amides is 1. The van der Waals surface area contributed by atoms with Gasteiger partial charge in [-0.05, 0) is 25.7 Å². The molecule has 6 heteroatoms. The second-order valence-corrected chi connectivity index (χ2v) is 29.5. The minimum Gasteiger partial charge on any atom is -0.466 e. The number of carbonyl (C=O) groups excluding carboxylic acids is 2. The first kappa shape index (κ1) is 88.9. The lowest BCUT2D eigenvalue weighted by molar-refractivity contribution is -0.143. The average molecular weight is 1270 g/mol. The third kappa shape index (κ3) is 75.9. The molecule has 3 N–H and O–H groups in total. The smallest absolute Gasteiger partial charge is 0.305 e. The van der Waals surface area contributed by atoms with Crippen LogP contribution in [0.15, 0.2) is 0 Å². The van der Waals surface area contributed by atoms with Crippen molar-refractivity contribution in [2.75, 3.05) is 13.2 Å². The molecule has 0 saturated carbocycles. The molecule has 0 saturated heterocycles. The van der Waals surface area contributed by atoms with E-state index in [2.05, 4.69) is 19.2 Å². The number of carbonyl (C=O) groups is 2. The first-order valence-corrected chi connectivity index (χ1v) is 42.3. The summed E-state index contributed by atoms with van der Waals surface area (Å²) < 4.78 is 5.52. The molecule has 0 aliphatic heterocycles. The molecule has 0 bridgehead atoms. The van der Waals surface area contributed by atoms with Gasteiger partial charge in [0, 0.05) is 12.8 Å². The Balaban J connectivity index is 3.31. The molecule has 0 rings (SSSR count). The zero-order valence-electron chi connectivity index (χ0n) is 61.9. The summed E-state index contributed by atoms with van der Waals surface area (Å²) in [5, 5.41) is 23.5. The topological polar surface area (TPSA) is 95.9 Å². The van der Waals surface area contributed by atoms with Crippen LogP contribution in [0.2, 0.25) is 0 Å². The largest absolute Gasteiger partial charge is 0.466 e. The van der Waals surface area contributed by atoms with Gasteiger partial charge in [0.15, 0.2) is 0 Å². The van der Waals surface area contributed by atoms with Gasteiger partial charge in [-0.2, -0.15) is 0 Å². The maximum Gasteiger partial charge on any atom is 0.305 e. The zero-order chi connectivity index (χ0) is 64.9. The summed E-state index contributed by atoms with van der Waals surface area (Å²) in [5.74, 6) is 0.00370. The van der Waals surface area contributed by atoms with Crippen LogP contribution in [-0.4, -0.2) is 47.4 Å². The summed E-state index contributed by atoms with van der Waals surface area (Å²) in [4.78, 5) is 24.7. The molecule has 0 aromatic heterocycles. The van der Waals surface area contributed by atoms with Gasteiger partial charge in [-0.25, -0.2) is 0 Å². The third-order valence-corrected chi connectivity index (χ3v) is 20.4. The highest BCUT2D eigenvalue weighted by atomic mass is 16.5. The van der Waals surface area contributed by atoms with Crippen LogP contribution in [0.1, 0.15) is 502 Å². The van der Waals surface area contributed by atoms with Crippen molar-refractivity contribution < 1.29 is 24.5 Å². The lowest BCUT2D eigenvalue weighted by Gasteiger charge is -2.22. The molecule has 2 atom stereocenters. The molecule has 1 amide bonds. The molecular weight excluding hydrogens is 1100 g/mol. The molecule has 0 heterocycles. The Hall–Kier alpha value is -1.14. The number of ether oxygens (including phenoxy) is 1. The monoisotopic (exact) mass is 1270 g/mol. The molecule has 0 aromatic rings. The van der Waals surface area contributed by atoms with Crippen LogP contribution in [0.5, 0.6) is 0 Å². The Labute approximate surface area is 566 Å². The first-order valence-electron chi connectivity index (χ1n) is 42.3. The van der Waals surface area contributed by atoms with Crippen LogP contribution in [-0.2, 0) is 14.3 Å². The lowest BCUT2D eigenvalue weighted by Crippen LogP contribution is -2.45. The standard InChI is InChI=1S/C84H167NO5/c1-3-5-7-9-11-13-15-17-19-21-22-23-24-36-39-42-45-48-52-56-60-64-68-72-76-82(87)81(80-86)85-83(88)77-73-69-65-61-57-53-49-46-43-40-37-34-32-30-28-26-25-27-29-31-33-35-38-41-44-47-51-55-59-63-67-71-75-79-90-84(89)78-74-70-66-62-58-54-50-20-18-16-14-12-10-8-6-4-2/h81-82,86-87H,3-80H2,1-2H3,(H,85,88). The van der Waals surface area contributed by atoms with Crippen LogP contribution in [0, 0.1) is 0 Å². The van der Waals surface area contributed by atoms with E-state index >= 15 is 0 Å². The van der Waals surface area contributed by atoms with Crippen molar-refractivity contribution in [3.63, 3.8) is 0 Å². The van der Waals surface area contributed by atoms with Crippen molar-refractivity contribution in [3.8, 4) is 0 Å². The van der Waals surface area contributed by atoms with Crippen molar-refractivity contribution in [1.82, 2.24) is 5.32 Å². The molecule has 0 aliphatic carbocycles. The Morgan fingerprint density at radius 3 is 0.678 bits per heavy atom. The van der Waals surface area contributed by atoms with Crippen LogP contribution in [0.4, 0.5) is 0 Å². The Kier molecular flexibility index (Phi) is 79.3. The third-order valence-electron chi connectivity index (χ3n) is 20.4. The number of hydrogen-bond donors (Lipinski definition) is 3. The van der Waals surface area contributed by atoms with Crippen LogP contribution >= 0.6 is 0 Å². The highest BCUT2D eigenvalue weighted by molar-refractivity contribution is 5.76. The van der Waals surface area contributed by atoms with Gasteiger partial charge in [0.05, 0.1) is 25.4 Å². The average Bonchev–Trinajstić information content (AvgIpc) is 3.58. The number of nitrogens with one attached hydrogen (secondary N) is 1. The van der Waals surface area contributed by atoms with E-state index in [1.807, 2.05) is 0 Å². The summed E-state index contributed by atoms with van der Waals surface area (Å²) >= 11 is 0. The van der Waals surface area contributed by atoms with Gasteiger partial charge in [0.2, 0.25) is 5.91 Å². The Morgan fingerprint density at radius 1 is 0.267 bits per heavy atom. The van der Waals surface area contributed by atoms with E-state index in [1.54, 1.807) is 0 Å². The molecule has 538 valence electrons. The Bertz CT molecular complexity index is 1320. The second kappa shape index (κ2) is 80.3. The van der Waals surface area contributed by atoms with Gasteiger partial charge in [0.25, 0.3) is 0 Å². The van der Waals surface area contributed by atoms with Gasteiger partial charge in [-0.1, -0.05) is 463 Å². The maximum atomic E-state index is 12.6. The van der Waals surface area contributed by atoms with Crippen LogP contribution in [0.25, 0.3) is 0 Å².